The summed E-state index contributed by atoms with van der Waals surface area (Å²) >= 11 is 3.42. The number of halogens is 1. The Morgan fingerprint density at radius 1 is 1.22 bits per heavy atom. The highest BCUT2D eigenvalue weighted by Crippen LogP contribution is 2.19. The van der Waals surface area contributed by atoms with Gasteiger partial charge in [0, 0.05) is 22.1 Å². The van der Waals surface area contributed by atoms with Gasteiger partial charge in [-0.1, -0.05) is 35.8 Å². The average molecular weight is 312 g/mol. The predicted octanol–water partition coefficient (Wildman–Crippen LogP) is 4.49. The fraction of sp³-hybridized carbons (Fsp3) is 0.533. The van der Waals surface area contributed by atoms with E-state index in [1.807, 2.05) is 29.2 Å². The predicted molar refractivity (Wildman–Crippen MR) is 79.8 cm³/mol. The summed E-state index contributed by atoms with van der Waals surface area (Å²) in [5.74, 6) is 0.125. The number of nitrogens with zero attached hydrogens (tertiary/aromatic N) is 1. The number of amides is 1. The lowest BCUT2D eigenvalue weighted by molar-refractivity contribution is 0.0598. The highest BCUT2D eigenvalue weighted by Gasteiger charge is 2.24. The molecule has 0 aliphatic heterocycles. The van der Waals surface area contributed by atoms with E-state index < -0.39 is 0 Å². The Morgan fingerprint density at radius 3 is 2.22 bits per heavy atom. The van der Waals surface area contributed by atoms with Crippen LogP contribution in [-0.4, -0.2) is 22.9 Å². The van der Waals surface area contributed by atoms with E-state index in [1.165, 1.54) is 0 Å². The van der Waals surface area contributed by atoms with Gasteiger partial charge in [-0.2, -0.15) is 0 Å². The Labute approximate surface area is 119 Å². The quantitative estimate of drug-likeness (QED) is 0.784. The summed E-state index contributed by atoms with van der Waals surface area (Å²) in [5.41, 5.74) is 0.755. The van der Waals surface area contributed by atoms with E-state index in [4.69, 9.17) is 0 Å². The molecule has 0 heterocycles. The summed E-state index contributed by atoms with van der Waals surface area (Å²) in [5, 5.41) is 0. The van der Waals surface area contributed by atoms with Crippen LogP contribution >= 0.6 is 15.9 Å². The van der Waals surface area contributed by atoms with Gasteiger partial charge in [0.05, 0.1) is 0 Å². The Balaban J connectivity index is 3.02. The normalized spacial score (nSPS) is 14.1. The zero-order valence-corrected chi connectivity index (χ0v) is 13.2. The van der Waals surface area contributed by atoms with Crippen LogP contribution in [0.3, 0.4) is 0 Å². The molecule has 2 nitrogen and oxygen atoms in total. The van der Waals surface area contributed by atoms with Crippen molar-refractivity contribution in [3.8, 4) is 0 Å². The van der Waals surface area contributed by atoms with Crippen molar-refractivity contribution in [3.05, 3.63) is 34.3 Å². The molecule has 0 aromatic heterocycles. The van der Waals surface area contributed by atoms with Gasteiger partial charge >= 0.3 is 0 Å². The third kappa shape index (κ3) is 3.58. The first kappa shape index (κ1) is 15.2. The summed E-state index contributed by atoms with van der Waals surface area (Å²) < 4.78 is 0.946. The summed E-state index contributed by atoms with van der Waals surface area (Å²) in [6, 6.07) is 8.15. The van der Waals surface area contributed by atoms with Gasteiger partial charge < -0.3 is 4.90 Å². The van der Waals surface area contributed by atoms with E-state index in [1.54, 1.807) is 0 Å². The largest absolute Gasteiger partial charge is 0.333 e. The number of rotatable bonds is 5. The molecule has 2 unspecified atom stereocenters. The summed E-state index contributed by atoms with van der Waals surface area (Å²) in [7, 11) is 0. The fourth-order valence-electron chi connectivity index (χ4n) is 2.00. The van der Waals surface area contributed by atoms with Crippen molar-refractivity contribution in [2.75, 3.05) is 0 Å². The van der Waals surface area contributed by atoms with Crippen molar-refractivity contribution >= 4 is 21.8 Å². The summed E-state index contributed by atoms with van der Waals surface area (Å²) in [6.45, 7) is 8.46. The van der Waals surface area contributed by atoms with Crippen molar-refractivity contribution < 1.29 is 4.79 Å². The molecule has 2 atom stereocenters. The highest BCUT2D eigenvalue weighted by atomic mass is 79.9. The van der Waals surface area contributed by atoms with Crippen LogP contribution in [0.2, 0.25) is 0 Å². The van der Waals surface area contributed by atoms with Crippen LogP contribution in [-0.2, 0) is 0 Å². The Morgan fingerprint density at radius 2 is 1.78 bits per heavy atom. The molecule has 1 aromatic carbocycles. The number of hydrogen-bond acceptors (Lipinski definition) is 1. The molecule has 3 heteroatoms. The van der Waals surface area contributed by atoms with Crippen LogP contribution in [0.15, 0.2) is 28.7 Å². The van der Waals surface area contributed by atoms with Crippen LogP contribution in [0.5, 0.6) is 0 Å². The van der Waals surface area contributed by atoms with Gasteiger partial charge in [0.25, 0.3) is 5.91 Å². The molecule has 0 fully saturated rings. The molecular formula is C15H22BrNO. The van der Waals surface area contributed by atoms with Crippen molar-refractivity contribution in [3.63, 3.8) is 0 Å². The monoisotopic (exact) mass is 311 g/mol. The van der Waals surface area contributed by atoms with Crippen LogP contribution in [0.4, 0.5) is 0 Å². The van der Waals surface area contributed by atoms with Crippen molar-refractivity contribution in [2.45, 2.75) is 52.6 Å². The van der Waals surface area contributed by atoms with Crippen molar-refractivity contribution in [1.29, 1.82) is 0 Å². The molecule has 0 saturated carbocycles. The molecule has 18 heavy (non-hydrogen) atoms. The smallest absolute Gasteiger partial charge is 0.254 e. The standard InChI is InChI=1S/C15H22BrNO/c1-5-11(3)17(12(4)6-2)15(18)13-8-7-9-14(16)10-13/h7-12H,5-6H2,1-4H3. The maximum atomic E-state index is 12.6. The molecule has 1 amide bonds. The Kier molecular flexibility index (Phi) is 5.86. The maximum Gasteiger partial charge on any atom is 0.254 e. The maximum absolute atomic E-state index is 12.6. The first-order valence-electron chi connectivity index (χ1n) is 6.59. The van der Waals surface area contributed by atoms with Gasteiger partial charge in [-0.15, -0.1) is 0 Å². The molecule has 1 aromatic rings. The van der Waals surface area contributed by atoms with Crippen molar-refractivity contribution in [2.24, 2.45) is 0 Å². The first-order chi connectivity index (χ1) is 8.51. The lowest BCUT2D eigenvalue weighted by atomic mass is 10.1. The van der Waals surface area contributed by atoms with Crippen molar-refractivity contribution in [1.82, 2.24) is 4.90 Å². The van der Waals surface area contributed by atoms with E-state index in [2.05, 4.69) is 43.6 Å². The molecule has 100 valence electrons. The second-order valence-corrected chi connectivity index (χ2v) is 5.65. The molecule has 0 radical (unpaired) electrons. The Hall–Kier alpha value is -0.830. The molecule has 0 spiro atoms. The minimum atomic E-state index is 0.125. The Bertz CT molecular complexity index is 395. The molecule has 0 N–H and O–H groups in total. The van der Waals surface area contributed by atoms with Gasteiger partial charge in [0.15, 0.2) is 0 Å². The summed E-state index contributed by atoms with van der Waals surface area (Å²) in [4.78, 5) is 14.6. The minimum Gasteiger partial charge on any atom is -0.333 e. The fourth-order valence-corrected chi connectivity index (χ4v) is 2.40. The second kappa shape index (κ2) is 6.93. The SMILES string of the molecule is CCC(C)N(C(=O)c1cccc(Br)c1)C(C)CC. The van der Waals surface area contributed by atoms with E-state index in [0.29, 0.717) is 0 Å². The van der Waals surface area contributed by atoms with Crippen LogP contribution in [0.1, 0.15) is 50.9 Å². The van der Waals surface area contributed by atoms with Crippen LogP contribution < -0.4 is 0 Å². The third-order valence-electron chi connectivity index (χ3n) is 3.44. The molecule has 0 saturated heterocycles. The van der Waals surface area contributed by atoms with Gasteiger partial charge in [0.2, 0.25) is 0 Å². The number of carbonyl (C=O) groups is 1. The first-order valence-corrected chi connectivity index (χ1v) is 7.38. The second-order valence-electron chi connectivity index (χ2n) is 4.74. The lowest BCUT2D eigenvalue weighted by Gasteiger charge is -2.34. The molecule has 0 bridgehead atoms. The van der Waals surface area contributed by atoms with Crippen LogP contribution in [0.25, 0.3) is 0 Å². The molecule has 0 aliphatic rings. The molecule has 0 aliphatic carbocycles. The molecular weight excluding hydrogens is 290 g/mol. The van der Waals surface area contributed by atoms with E-state index in [0.717, 1.165) is 22.9 Å². The minimum absolute atomic E-state index is 0.125. The topological polar surface area (TPSA) is 20.3 Å². The van der Waals surface area contributed by atoms with Gasteiger partial charge in [0.1, 0.15) is 0 Å². The molecule has 1 rings (SSSR count). The highest BCUT2D eigenvalue weighted by molar-refractivity contribution is 9.10. The lowest BCUT2D eigenvalue weighted by Crippen LogP contribution is -2.44. The third-order valence-corrected chi connectivity index (χ3v) is 3.93. The van der Waals surface area contributed by atoms with E-state index >= 15 is 0 Å². The summed E-state index contributed by atoms with van der Waals surface area (Å²) in [6.07, 6.45) is 1.95. The van der Waals surface area contributed by atoms with Gasteiger partial charge in [-0.25, -0.2) is 0 Å². The zero-order chi connectivity index (χ0) is 13.7. The van der Waals surface area contributed by atoms with Gasteiger partial charge in [-0.05, 0) is 44.9 Å². The number of benzene rings is 1. The average Bonchev–Trinajstić information content (AvgIpc) is 2.38. The number of hydrogen-bond donors (Lipinski definition) is 0. The van der Waals surface area contributed by atoms with Gasteiger partial charge in [-0.3, -0.25) is 4.79 Å². The van der Waals surface area contributed by atoms with Crippen LogP contribution in [0, 0.1) is 0 Å². The zero-order valence-electron chi connectivity index (χ0n) is 11.6. The van der Waals surface area contributed by atoms with E-state index in [9.17, 15) is 4.79 Å². The number of carbonyl (C=O) groups excluding carboxylic acids is 1. The van der Waals surface area contributed by atoms with E-state index in [-0.39, 0.29) is 18.0 Å².